The van der Waals surface area contributed by atoms with Gasteiger partial charge < -0.3 is 20.1 Å². The zero-order valence-corrected chi connectivity index (χ0v) is 13.0. The molecule has 1 aliphatic rings. The maximum atomic E-state index is 6.17. The Morgan fingerprint density at radius 2 is 1.70 bits per heavy atom. The lowest BCUT2D eigenvalue weighted by molar-refractivity contribution is 0.238. The molecule has 0 bridgehead atoms. The minimum absolute atomic E-state index is 0.474. The highest BCUT2D eigenvalue weighted by atomic mass is 16.5. The van der Waals surface area contributed by atoms with Crippen molar-refractivity contribution in [3.05, 3.63) is 12.1 Å². The number of methoxy groups -OCH3 is 2. The van der Waals surface area contributed by atoms with Gasteiger partial charge in [-0.3, -0.25) is 0 Å². The average molecular weight is 278 g/mol. The van der Waals surface area contributed by atoms with E-state index in [4.69, 9.17) is 15.2 Å². The molecule has 0 unspecified atom stereocenters. The van der Waals surface area contributed by atoms with Crippen LogP contribution in [0.25, 0.3) is 0 Å². The molecule has 0 aliphatic carbocycles. The summed E-state index contributed by atoms with van der Waals surface area (Å²) in [5.41, 5.74) is 8.46. The summed E-state index contributed by atoms with van der Waals surface area (Å²) >= 11 is 0. The number of nitrogen functional groups attached to an aromatic ring is 1. The predicted octanol–water partition coefficient (Wildman–Crippen LogP) is 3.30. The molecule has 0 saturated carbocycles. The van der Waals surface area contributed by atoms with Crippen LogP contribution < -0.4 is 20.1 Å². The molecule has 4 nitrogen and oxygen atoms in total. The van der Waals surface area contributed by atoms with Crippen molar-refractivity contribution in [3.63, 3.8) is 0 Å². The van der Waals surface area contributed by atoms with Gasteiger partial charge in [-0.05, 0) is 18.3 Å². The SMILES string of the molecule is CCC1(C)CCN(c2cc(OC)c(OC)cc2N)CC1. The highest BCUT2D eigenvalue weighted by Gasteiger charge is 2.29. The van der Waals surface area contributed by atoms with Gasteiger partial charge in [-0.15, -0.1) is 0 Å². The van der Waals surface area contributed by atoms with Crippen LogP contribution in [0.2, 0.25) is 0 Å². The molecular weight excluding hydrogens is 252 g/mol. The summed E-state index contributed by atoms with van der Waals surface area (Å²) in [4.78, 5) is 2.36. The molecule has 1 fully saturated rings. The Labute approximate surface area is 121 Å². The van der Waals surface area contributed by atoms with E-state index < -0.39 is 0 Å². The van der Waals surface area contributed by atoms with Crippen LogP contribution in [0.1, 0.15) is 33.1 Å². The molecule has 1 heterocycles. The van der Waals surface area contributed by atoms with E-state index in [1.54, 1.807) is 14.2 Å². The first kappa shape index (κ1) is 14.8. The summed E-state index contributed by atoms with van der Waals surface area (Å²) < 4.78 is 10.7. The van der Waals surface area contributed by atoms with Crippen LogP contribution in [-0.2, 0) is 0 Å². The zero-order valence-electron chi connectivity index (χ0n) is 13.0. The summed E-state index contributed by atoms with van der Waals surface area (Å²) in [6, 6.07) is 3.84. The summed E-state index contributed by atoms with van der Waals surface area (Å²) in [6.45, 7) is 6.75. The Morgan fingerprint density at radius 3 is 2.20 bits per heavy atom. The lowest BCUT2D eigenvalue weighted by atomic mass is 9.78. The van der Waals surface area contributed by atoms with Crippen LogP contribution in [0, 0.1) is 5.41 Å². The first-order chi connectivity index (χ1) is 9.53. The van der Waals surface area contributed by atoms with Gasteiger partial charge in [0.2, 0.25) is 0 Å². The standard InChI is InChI=1S/C16H26N2O2/c1-5-16(2)6-8-18(9-7-16)13-11-15(20-4)14(19-3)10-12(13)17/h10-11H,5-9,17H2,1-4H3. The first-order valence-electron chi connectivity index (χ1n) is 7.29. The van der Waals surface area contributed by atoms with Gasteiger partial charge in [-0.1, -0.05) is 20.3 Å². The van der Waals surface area contributed by atoms with Crippen molar-refractivity contribution in [2.75, 3.05) is 37.9 Å². The summed E-state index contributed by atoms with van der Waals surface area (Å²) in [5.74, 6) is 1.42. The zero-order chi connectivity index (χ0) is 14.8. The minimum atomic E-state index is 0.474. The Balaban J connectivity index is 2.22. The third-order valence-electron chi connectivity index (χ3n) is 4.70. The topological polar surface area (TPSA) is 47.7 Å². The fourth-order valence-corrected chi connectivity index (χ4v) is 2.80. The first-order valence-corrected chi connectivity index (χ1v) is 7.29. The van der Waals surface area contributed by atoms with Crippen molar-refractivity contribution in [2.24, 2.45) is 5.41 Å². The molecular formula is C16H26N2O2. The Morgan fingerprint density at radius 1 is 1.15 bits per heavy atom. The third kappa shape index (κ3) is 2.79. The van der Waals surface area contributed by atoms with Crippen LogP contribution in [0.15, 0.2) is 12.1 Å². The lowest BCUT2D eigenvalue weighted by Gasteiger charge is -2.40. The molecule has 2 N–H and O–H groups in total. The number of benzene rings is 1. The molecule has 1 aliphatic heterocycles. The average Bonchev–Trinajstić information content (AvgIpc) is 2.48. The van der Waals surface area contributed by atoms with Crippen molar-refractivity contribution >= 4 is 11.4 Å². The van der Waals surface area contributed by atoms with E-state index in [0.717, 1.165) is 30.2 Å². The smallest absolute Gasteiger partial charge is 0.162 e. The Hall–Kier alpha value is -1.58. The van der Waals surface area contributed by atoms with Gasteiger partial charge in [-0.2, -0.15) is 0 Å². The molecule has 0 spiro atoms. The summed E-state index contributed by atoms with van der Waals surface area (Å²) in [5, 5.41) is 0. The van der Waals surface area contributed by atoms with Gasteiger partial charge in [0.25, 0.3) is 0 Å². The number of anilines is 2. The van der Waals surface area contributed by atoms with Crippen LogP contribution in [0.4, 0.5) is 11.4 Å². The lowest BCUT2D eigenvalue weighted by Crippen LogP contribution is -2.38. The molecule has 1 aromatic rings. The van der Waals surface area contributed by atoms with Gasteiger partial charge in [0, 0.05) is 25.2 Å². The van der Waals surface area contributed by atoms with Gasteiger partial charge in [0.15, 0.2) is 11.5 Å². The molecule has 1 saturated heterocycles. The van der Waals surface area contributed by atoms with Crippen LogP contribution >= 0.6 is 0 Å². The van der Waals surface area contributed by atoms with Crippen molar-refractivity contribution in [1.82, 2.24) is 0 Å². The van der Waals surface area contributed by atoms with Crippen LogP contribution in [0.5, 0.6) is 11.5 Å². The second-order valence-corrected chi connectivity index (χ2v) is 5.92. The highest BCUT2D eigenvalue weighted by molar-refractivity contribution is 5.73. The van der Waals surface area contributed by atoms with Gasteiger partial charge in [0.05, 0.1) is 25.6 Å². The minimum Gasteiger partial charge on any atom is -0.493 e. The molecule has 0 atom stereocenters. The number of hydrogen-bond acceptors (Lipinski definition) is 4. The fraction of sp³-hybridized carbons (Fsp3) is 0.625. The van der Waals surface area contributed by atoms with E-state index in [9.17, 15) is 0 Å². The highest BCUT2D eigenvalue weighted by Crippen LogP contribution is 2.40. The summed E-state index contributed by atoms with van der Waals surface area (Å²) in [6.07, 6.45) is 3.65. The molecule has 0 aromatic heterocycles. The number of rotatable bonds is 4. The quantitative estimate of drug-likeness (QED) is 0.858. The number of hydrogen-bond donors (Lipinski definition) is 1. The Kier molecular flexibility index (Phi) is 4.31. The molecule has 0 amide bonds. The third-order valence-corrected chi connectivity index (χ3v) is 4.70. The molecule has 2 rings (SSSR count). The number of nitrogens with zero attached hydrogens (tertiary/aromatic N) is 1. The molecule has 1 aromatic carbocycles. The largest absolute Gasteiger partial charge is 0.493 e. The number of ether oxygens (including phenoxy) is 2. The number of nitrogens with two attached hydrogens (primary N) is 1. The maximum absolute atomic E-state index is 6.17. The van der Waals surface area contributed by atoms with Gasteiger partial charge in [-0.25, -0.2) is 0 Å². The molecule has 112 valence electrons. The van der Waals surface area contributed by atoms with Crippen molar-refractivity contribution in [2.45, 2.75) is 33.1 Å². The second-order valence-electron chi connectivity index (χ2n) is 5.92. The predicted molar refractivity (Wildman–Crippen MR) is 83.8 cm³/mol. The van der Waals surface area contributed by atoms with E-state index >= 15 is 0 Å². The summed E-state index contributed by atoms with van der Waals surface area (Å²) in [7, 11) is 3.28. The molecule has 0 radical (unpaired) electrons. The monoisotopic (exact) mass is 278 g/mol. The van der Waals surface area contributed by atoms with Gasteiger partial charge >= 0.3 is 0 Å². The Bertz CT molecular complexity index is 466. The molecule has 20 heavy (non-hydrogen) atoms. The normalized spacial score (nSPS) is 17.9. The fourth-order valence-electron chi connectivity index (χ4n) is 2.80. The molecule has 4 heteroatoms. The van der Waals surface area contributed by atoms with Crippen LogP contribution in [-0.4, -0.2) is 27.3 Å². The van der Waals surface area contributed by atoms with Crippen molar-refractivity contribution in [3.8, 4) is 11.5 Å². The van der Waals surface area contributed by atoms with Gasteiger partial charge in [0.1, 0.15) is 0 Å². The van der Waals surface area contributed by atoms with E-state index in [0.29, 0.717) is 11.2 Å². The van der Waals surface area contributed by atoms with E-state index in [1.165, 1.54) is 19.3 Å². The van der Waals surface area contributed by atoms with Crippen molar-refractivity contribution in [1.29, 1.82) is 0 Å². The second kappa shape index (κ2) is 5.81. The van der Waals surface area contributed by atoms with Crippen LogP contribution in [0.3, 0.4) is 0 Å². The maximum Gasteiger partial charge on any atom is 0.162 e. The van der Waals surface area contributed by atoms with E-state index in [2.05, 4.69) is 18.7 Å². The van der Waals surface area contributed by atoms with E-state index in [-0.39, 0.29) is 0 Å². The van der Waals surface area contributed by atoms with E-state index in [1.807, 2.05) is 12.1 Å². The number of piperidine rings is 1. The van der Waals surface area contributed by atoms with Crippen molar-refractivity contribution < 1.29 is 9.47 Å².